The highest BCUT2D eigenvalue weighted by Crippen LogP contribution is 2.42. The van der Waals surface area contributed by atoms with Crippen molar-refractivity contribution in [3.05, 3.63) is 212 Å². The smallest absolute Gasteiger partial charge is 0.238 e. The summed E-state index contributed by atoms with van der Waals surface area (Å²) in [4.78, 5) is 16.1. The van der Waals surface area contributed by atoms with E-state index in [1.54, 1.807) is 0 Å². The molecule has 13 aromatic rings. The van der Waals surface area contributed by atoms with Crippen LogP contribution in [0.4, 0.5) is 0 Å². The van der Waals surface area contributed by atoms with Crippen LogP contribution in [0, 0.1) is 0 Å². The summed E-state index contributed by atoms with van der Waals surface area (Å²) in [7, 11) is 0. The van der Waals surface area contributed by atoms with E-state index in [1.165, 1.54) is 16.3 Å². The van der Waals surface area contributed by atoms with Crippen molar-refractivity contribution in [1.29, 1.82) is 0 Å². The van der Waals surface area contributed by atoms with Crippen LogP contribution in [0.1, 0.15) is 0 Å². The Bertz CT molecular complexity index is 3850. The molecule has 0 N–H and O–H groups in total. The average molecular weight is 806 g/mol. The number of hydrogen-bond acceptors (Lipinski definition) is 4. The van der Waals surface area contributed by atoms with E-state index in [4.69, 9.17) is 19.4 Å². The van der Waals surface area contributed by atoms with Crippen LogP contribution in [0.2, 0.25) is 0 Å². The molecule has 0 fully saturated rings. The van der Waals surface area contributed by atoms with Gasteiger partial charge in [-0.05, 0) is 76.9 Å². The van der Waals surface area contributed by atoms with Gasteiger partial charge in [-0.25, -0.2) is 4.98 Å². The maximum Gasteiger partial charge on any atom is 0.238 e. The van der Waals surface area contributed by atoms with Gasteiger partial charge < -0.3 is 8.98 Å². The summed E-state index contributed by atoms with van der Waals surface area (Å²) in [6, 6.07) is 74.5. The summed E-state index contributed by atoms with van der Waals surface area (Å²) in [5.74, 6) is 1.61. The first kappa shape index (κ1) is 35.2. The van der Waals surface area contributed by atoms with Crippen molar-refractivity contribution in [3.63, 3.8) is 0 Å². The van der Waals surface area contributed by atoms with Crippen molar-refractivity contribution >= 4 is 65.6 Å². The molecule has 9 aromatic carbocycles. The van der Waals surface area contributed by atoms with Crippen LogP contribution in [0.3, 0.4) is 0 Å². The van der Waals surface area contributed by atoms with E-state index in [-0.39, 0.29) is 0 Å². The summed E-state index contributed by atoms with van der Waals surface area (Å²) < 4.78 is 11.5. The van der Waals surface area contributed by atoms with Gasteiger partial charge in [-0.2, -0.15) is 9.97 Å². The van der Waals surface area contributed by atoms with E-state index in [0.29, 0.717) is 23.2 Å². The van der Waals surface area contributed by atoms with Crippen LogP contribution in [0.5, 0.6) is 0 Å². The Labute approximate surface area is 361 Å². The molecule has 294 valence electrons. The maximum atomic E-state index is 6.93. The molecular weight excluding hydrogens is 771 g/mol. The number of fused-ring (bicyclic) bond motifs is 9. The summed E-state index contributed by atoms with van der Waals surface area (Å²) in [5, 5.41) is 6.62. The van der Waals surface area contributed by atoms with E-state index in [1.807, 2.05) is 24.3 Å². The number of benzene rings is 9. The monoisotopic (exact) mass is 805 g/mol. The summed E-state index contributed by atoms with van der Waals surface area (Å²) in [6.45, 7) is 0. The van der Waals surface area contributed by atoms with E-state index in [2.05, 4.69) is 197 Å². The lowest BCUT2D eigenvalue weighted by atomic mass is 10.0. The number of nitrogens with zero attached hydrogens (tertiary/aromatic N) is 5. The molecular formula is C57H35N5O. The minimum atomic E-state index is 0.514. The average Bonchev–Trinajstić information content (AvgIpc) is 4.02. The van der Waals surface area contributed by atoms with Gasteiger partial charge in [0, 0.05) is 43.6 Å². The van der Waals surface area contributed by atoms with Gasteiger partial charge in [0.15, 0.2) is 11.6 Å². The molecule has 13 rings (SSSR count). The molecule has 0 radical (unpaired) electrons. The molecule has 0 aliphatic carbocycles. The lowest BCUT2D eigenvalue weighted by Crippen LogP contribution is -2.07. The lowest BCUT2D eigenvalue weighted by molar-refractivity contribution is 0.669. The zero-order valence-electron chi connectivity index (χ0n) is 33.9. The molecule has 4 heterocycles. The second-order valence-corrected chi connectivity index (χ2v) is 16.0. The third kappa shape index (κ3) is 5.62. The predicted molar refractivity (Wildman–Crippen MR) is 258 cm³/mol. The largest absolute Gasteiger partial charge is 0.455 e. The van der Waals surface area contributed by atoms with E-state index in [0.717, 1.165) is 82.7 Å². The van der Waals surface area contributed by atoms with E-state index >= 15 is 0 Å². The Morgan fingerprint density at radius 2 is 0.810 bits per heavy atom. The number of aromatic nitrogens is 5. The normalized spacial score (nSPS) is 11.8. The first-order chi connectivity index (χ1) is 31.2. The molecule has 0 bridgehead atoms. The highest BCUT2D eigenvalue weighted by Gasteiger charge is 2.23. The standard InChI is InChI=1S/C57H35N5O/c1-4-16-36(17-5-1)39-28-30-52-45(32-39)44-24-12-15-27-51(44)62(52)57-59-55(38-20-8-3-9-21-38)58-56(60-57)48-35-41(61-49-25-13-10-22-42(49)43-23-11-14-26-50(43)61)34-47-46-33-40(37-18-6-2-7-19-37)29-31-53(46)63-54(47)48/h1-35H. The SMILES string of the molecule is c1ccc(-c2ccc3oc4c(-c5nc(-c6ccccc6)nc(-n6c7ccccc7c7cc(-c8ccccc8)ccc76)n5)cc(-n5c6ccccc6c6ccccc65)cc4c3c2)cc1. The van der Waals surface area contributed by atoms with Crippen LogP contribution in [0.15, 0.2) is 217 Å². The zero-order valence-corrected chi connectivity index (χ0v) is 33.9. The molecule has 0 unspecified atom stereocenters. The minimum Gasteiger partial charge on any atom is -0.455 e. The fraction of sp³-hybridized carbons (Fsp3) is 0. The Morgan fingerprint density at radius 1 is 0.317 bits per heavy atom. The van der Waals surface area contributed by atoms with Gasteiger partial charge in [-0.3, -0.25) is 4.57 Å². The van der Waals surface area contributed by atoms with Crippen molar-refractivity contribution in [1.82, 2.24) is 24.1 Å². The number of para-hydroxylation sites is 3. The molecule has 63 heavy (non-hydrogen) atoms. The second kappa shape index (κ2) is 14.0. The van der Waals surface area contributed by atoms with Gasteiger partial charge in [-0.15, -0.1) is 0 Å². The Morgan fingerprint density at radius 3 is 1.44 bits per heavy atom. The molecule has 6 nitrogen and oxygen atoms in total. The highest BCUT2D eigenvalue weighted by atomic mass is 16.3. The van der Waals surface area contributed by atoms with Crippen LogP contribution >= 0.6 is 0 Å². The molecule has 0 spiro atoms. The maximum absolute atomic E-state index is 6.93. The second-order valence-electron chi connectivity index (χ2n) is 16.0. The lowest BCUT2D eigenvalue weighted by Gasteiger charge is -2.13. The van der Waals surface area contributed by atoms with Crippen molar-refractivity contribution in [3.8, 4) is 56.7 Å². The molecule has 4 aromatic heterocycles. The molecule has 6 heteroatoms. The topological polar surface area (TPSA) is 61.7 Å². The first-order valence-corrected chi connectivity index (χ1v) is 21.2. The number of hydrogen-bond donors (Lipinski definition) is 0. The molecule has 0 saturated heterocycles. The van der Waals surface area contributed by atoms with Gasteiger partial charge in [-0.1, -0.05) is 158 Å². The Kier molecular flexibility index (Phi) is 7.80. The number of rotatable bonds is 6. The first-order valence-electron chi connectivity index (χ1n) is 21.2. The predicted octanol–water partition coefficient (Wildman–Crippen LogP) is 14.6. The third-order valence-electron chi connectivity index (χ3n) is 12.4. The molecule has 0 aliphatic heterocycles. The van der Waals surface area contributed by atoms with Crippen LogP contribution in [-0.2, 0) is 0 Å². The van der Waals surface area contributed by atoms with Gasteiger partial charge in [0.1, 0.15) is 11.2 Å². The van der Waals surface area contributed by atoms with Crippen molar-refractivity contribution < 1.29 is 4.42 Å². The fourth-order valence-electron chi connectivity index (χ4n) is 9.47. The highest BCUT2D eigenvalue weighted by molar-refractivity contribution is 6.14. The molecule has 0 saturated carbocycles. The summed E-state index contributed by atoms with van der Waals surface area (Å²) in [5.41, 5.74) is 13.0. The van der Waals surface area contributed by atoms with Crippen molar-refractivity contribution in [2.75, 3.05) is 0 Å². The summed E-state index contributed by atoms with van der Waals surface area (Å²) in [6.07, 6.45) is 0. The molecule has 0 aliphatic rings. The number of furan rings is 1. The van der Waals surface area contributed by atoms with E-state index in [9.17, 15) is 0 Å². The van der Waals surface area contributed by atoms with Gasteiger partial charge in [0.2, 0.25) is 5.95 Å². The van der Waals surface area contributed by atoms with Crippen LogP contribution in [0.25, 0.3) is 122 Å². The van der Waals surface area contributed by atoms with Gasteiger partial charge >= 0.3 is 0 Å². The summed E-state index contributed by atoms with van der Waals surface area (Å²) >= 11 is 0. The quantitative estimate of drug-likeness (QED) is 0.168. The van der Waals surface area contributed by atoms with Crippen molar-refractivity contribution in [2.24, 2.45) is 0 Å². The molecule has 0 atom stereocenters. The van der Waals surface area contributed by atoms with Crippen LogP contribution in [-0.4, -0.2) is 24.1 Å². The fourth-order valence-corrected chi connectivity index (χ4v) is 9.47. The zero-order chi connectivity index (χ0) is 41.4. The van der Waals surface area contributed by atoms with Crippen molar-refractivity contribution in [2.45, 2.75) is 0 Å². The molecule has 0 amide bonds. The van der Waals surface area contributed by atoms with Crippen LogP contribution < -0.4 is 0 Å². The van der Waals surface area contributed by atoms with E-state index < -0.39 is 0 Å². The van der Waals surface area contributed by atoms with Gasteiger partial charge in [0.05, 0.1) is 27.6 Å². The Hall–Kier alpha value is -8.61. The Balaban J connectivity index is 1.12. The minimum absolute atomic E-state index is 0.514. The van der Waals surface area contributed by atoms with Gasteiger partial charge in [0.25, 0.3) is 0 Å². The third-order valence-corrected chi connectivity index (χ3v) is 12.4.